The summed E-state index contributed by atoms with van der Waals surface area (Å²) in [5.74, 6) is 1.28. The van der Waals surface area contributed by atoms with Crippen LogP contribution in [0.5, 0.6) is 11.5 Å². The second-order valence-electron chi connectivity index (χ2n) is 7.07. The Balaban J connectivity index is 1.37. The van der Waals surface area contributed by atoms with Crippen LogP contribution < -0.4 is 14.8 Å². The molecule has 1 N–H and O–H groups in total. The number of fused-ring (bicyclic) bond motifs is 1. The van der Waals surface area contributed by atoms with Crippen molar-refractivity contribution in [3.63, 3.8) is 0 Å². The van der Waals surface area contributed by atoms with Crippen LogP contribution in [0.3, 0.4) is 0 Å². The summed E-state index contributed by atoms with van der Waals surface area (Å²) < 4.78 is 12.9. The van der Waals surface area contributed by atoms with Gasteiger partial charge in [-0.25, -0.2) is 4.68 Å². The van der Waals surface area contributed by atoms with Crippen molar-refractivity contribution < 1.29 is 14.3 Å². The van der Waals surface area contributed by atoms with E-state index in [2.05, 4.69) is 10.4 Å². The fourth-order valence-corrected chi connectivity index (χ4v) is 3.16. The van der Waals surface area contributed by atoms with E-state index in [9.17, 15) is 4.79 Å². The summed E-state index contributed by atoms with van der Waals surface area (Å²) in [6.07, 6.45) is 3.81. The van der Waals surface area contributed by atoms with E-state index < -0.39 is 0 Å². The van der Waals surface area contributed by atoms with E-state index in [-0.39, 0.29) is 11.9 Å². The minimum absolute atomic E-state index is 0.0837. The van der Waals surface area contributed by atoms with Gasteiger partial charge in [0.05, 0.1) is 17.9 Å². The summed E-state index contributed by atoms with van der Waals surface area (Å²) in [5, 5.41) is 7.37. The van der Waals surface area contributed by atoms with Crippen LogP contribution in [0, 0.1) is 0 Å². The molecule has 150 valence electrons. The lowest BCUT2D eigenvalue weighted by Gasteiger charge is -2.24. The molecule has 2 heterocycles. The number of carbonyl (C=O) groups excluding carboxylic acids is 1. The van der Waals surface area contributed by atoms with Gasteiger partial charge in [0.15, 0.2) is 11.5 Å². The maximum Gasteiger partial charge on any atom is 0.241 e. The molecule has 0 bridgehead atoms. The number of rotatable bonds is 6. The Bertz CT molecular complexity index is 987. The molecule has 29 heavy (non-hydrogen) atoms. The Labute approximate surface area is 169 Å². The van der Waals surface area contributed by atoms with Crippen LogP contribution in [0.15, 0.2) is 60.9 Å². The number of anilines is 1. The van der Waals surface area contributed by atoms with Gasteiger partial charge in [-0.1, -0.05) is 18.2 Å². The highest BCUT2D eigenvalue weighted by Crippen LogP contribution is 2.32. The number of ether oxygens (including phenoxy) is 2. The predicted molar refractivity (Wildman–Crippen MR) is 111 cm³/mol. The van der Waals surface area contributed by atoms with Crippen LogP contribution >= 0.6 is 0 Å². The molecule has 3 aromatic rings. The topological polar surface area (TPSA) is 68.6 Å². The Morgan fingerprint density at radius 2 is 1.93 bits per heavy atom. The Morgan fingerprint density at radius 1 is 1.17 bits per heavy atom. The second-order valence-corrected chi connectivity index (χ2v) is 7.07. The molecule has 1 atom stereocenters. The van der Waals surface area contributed by atoms with Crippen LogP contribution in [0.2, 0.25) is 0 Å². The monoisotopic (exact) mass is 392 g/mol. The normalized spacial score (nSPS) is 13.9. The molecule has 7 heteroatoms. The van der Waals surface area contributed by atoms with Gasteiger partial charge in [0.25, 0.3) is 0 Å². The van der Waals surface area contributed by atoms with E-state index in [0.29, 0.717) is 36.9 Å². The van der Waals surface area contributed by atoms with Crippen LogP contribution in [-0.2, 0) is 11.3 Å². The van der Waals surface area contributed by atoms with Gasteiger partial charge in [0.2, 0.25) is 5.91 Å². The van der Waals surface area contributed by atoms with E-state index in [1.54, 1.807) is 6.07 Å². The van der Waals surface area contributed by atoms with E-state index in [4.69, 9.17) is 9.47 Å². The molecule has 4 rings (SSSR count). The molecule has 1 unspecified atom stereocenters. The highest BCUT2D eigenvalue weighted by atomic mass is 16.6. The fraction of sp³-hybridized carbons (Fsp3) is 0.273. The number of nitrogens with zero attached hydrogens (tertiary/aromatic N) is 3. The van der Waals surface area contributed by atoms with Crippen molar-refractivity contribution in [1.82, 2.24) is 14.7 Å². The molecule has 1 aliphatic rings. The number of aromatic nitrogens is 2. The lowest BCUT2D eigenvalue weighted by atomic mass is 10.2. The zero-order valence-electron chi connectivity index (χ0n) is 16.5. The molecule has 2 aromatic carbocycles. The van der Waals surface area contributed by atoms with Crippen molar-refractivity contribution in [3.8, 4) is 17.2 Å². The van der Waals surface area contributed by atoms with E-state index in [1.165, 1.54) is 0 Å². The third-order valence-corrected chi connectivity index (χ3v) is 4.94. The van der Waals surface area contributed by atoms with Gasteiger partial charge in [-0.15, -0.1) is 0 Å². The van der Waals surface area contributed by atoms with Crippen molar-refractivity contribution in [1.29, 1.82) is 0 Å². The largest absolute Gasteiger partial charge is 0.486 e. The molecular formula is C22H24N4O3. The zero-order chi connectivity index (χ0) is 20.2. The second kappa shape index (κ2) is 8.36. The number of hydrogen-bond acceptors (Lipinski definition) is 5. The number of amides is 1. The average molecular weight is 392 g/mol. The first-order valence-electron chi connectivity index (χ1n) is 9.60. The van der Waals surface area contributed by atoms with E-state index in [0.717, 1.165) is 11.3 Å². The molecule has 0 spiro atoms. The lowest BCUT2D eigenvalue weighted by molar-refractivity contribution is -0.120. The molecule has 0 saturated carbocycles. The standard InChI is InChI=1S/C22H24N4O3/c1-16(22(27)24-18-8-9-20-21(12-18)29-11-10-28-20)25(2)14-17-13-23-26(15-17)19-6-4-3-5-7-19/h3-9,12-13,15-16H,10-11,14H2,1-2H3,(H,24,27). The smallest absolute Gasteiger partial charge is 0.241 e. The van der Waals surface area contributed by atoms with Crippen LogP contribution in [-0.4, -0.2) is 46.9 Å². The van der Waals surface area contributed by atoms with E-state index in [1.807, 2.05) is 78.4 Å². The number of nitrogens with one attached hydrogen (secondary N) is 1. The number of benzene rings is 2. The fourth-order valence-electron chi connectivity index (χ4n) is 3.16. The van der Waals surface area contributed by atoms with Crippen molar-refractivity contribution in [2.75, 3.05) is 25.6 Å². The molecule has 1 aromatic heterocycles. The first-order chi connectivity index (χ1) is 14.1. The minimum atomic E-state index is -0.316. The quantitative estimate of drug-likeness (QED) is 0.698. The average Bonchev–Trinajstić information content (AvgIpc) is 3.22. The summed E-state index contributed by atoms with van der Waals surface area (Å²) in [6.45, 7) is 3.55. The highest BCUT2D eigenvalue weighted by molar-refractivity contribution is 5.94. The summed E-state index contributed by atoms with van der Waals surface area (Å²) in [5.41, 5.74) is 2.73. The number of carbonyl (C=O) groups is 1. The molecular weight excluding hydrogens is 368 g/mol. The first kappa shape index (κ1) is 19.0. The SMILES string of the molecule is CC(C(=O)Nc1ccc2c(c1)OCCO2)N(C)Cc1cnn(-c2ccccc2)c1. The minimum Gasteiger partial charge on any atom is -0.486 e. The van der Waals surface area contributed by atoms with Crippen molar-refractivity contribution in [3.05, 3.63) is 66.5 Å². The van der Waals surface area contributed by atoms with Gasteiger partial charge in [-0.05, 0) is 38.2 Å². The van der Waals surface area contributed by atoms with Gasteiger partial charge >= 0.3 is 0 Å². The molecule has 0 aliphatic carbocycles. The zero-order valence-corrected chi connectivity index (χ0v) is 16.5. The van der Waals surface area contributed by atoms with Gasteiger partial charge in [-0.2, -0.15) is 5.10 Å². The summed E-state index contributed by atoms with van der Waals surface area (Å²) in [6, 6.07) is 15.1. The van der Waals surface area contributed by atoms with Gasteiger partial charge < -0.3 is 14.8 Å². The van der Waals surface area contributed by atoms with E-state index >= 15 is 0 Å². The lowest BCUT2D eigenvalue weighted by Crippen LogP contribution is -2.39. The van der Waals surface area contributed by atoms with Gasteiger partial charge in [0, 0.05) is 30.1 Å². The van der Waals surface area contributed by atoms with Crippen LogP contribution in [0.25, 0.3) is 5.69 Å². The first-order valence-corrected chi connectivity index (χ1v) is 9.60. The van der Waals surface area contributed by atoms with Crippen molar-refractivity contribution in [2.24, 2.45) is 0 Å². The summed E-state index contributed by atoms with van der Waals surface area (Å²) >= 11 is 0. The molecule has 1 amide bonds. The molecule has 1 aliphatic heterocycles. The maximum absolute atomic E-state index is 12.7. The molecule has 7 nitrogen and oxygen atoms in total. The molecule has 0 saturated heterocycles. The Morgan fingerprint density at radius 3 is 2.72 bits per heavy atom. The summed E-state index contributed by atoms with van der Waals surface area (Å²) in [4.78, 5) is 14.7. The predicted octanol–water partition coefficient (Wildman–Crippen LogP) is 3.10. The summed E-state index contributed by atoms with van der Waals surface area (Å²) in [7, 11) is 1.92. The molecule has 0 radical (unpaired) electrons. The van der Waals surface area contributed by atoms with Crippen molar-refractivity contribution >= 4 is 11.6 Å². The Hall–Kier alpha value is -3.32. The highest BCUT2D eigenvalue weighted by Gasteiger charge is 2.20. The maximum atomic E-state index is 12.7. The molecule has 0 fully saturated rings. The number of likely N-dealkylation sites (N-methyl/N-ethyl adjacent to an activating group) is 1. The third-order valence-electron chi connectivity index (χ3n) is 4.94. The number of hydrogen-bond donors (Lipinski definition) is 1. The van der Waals surface area contributed by atoms with Gasteiger partial charge in [-0.3, -0.25) is 9.69 Å². The van der Waals surface area contributed by atoms with Crippen LogP contribution in [0.1, 0.15) is 12.5 Å². The third kappa shape index (κ3) is 4.41. The van der Waals surface area contributed by atoms with Crippen LogP contribution in [0.4, 0.5) is 5.69 Å². The van der Waals surface area contributed by atoms with Gasteiger partial charge in [0.1, 0.15) is 13.2 Å². The van der Waals surface area contributed by atoms with Crippen molar-refractivity contribution in [2.45, 2.75) is 19.5 Å². The number of para-hydroxylation sites is 1. The Kier molecular flexibility index (Phi) is 5.48.